The first-order valence-electron chi connectivity index (χ1n) is 6.73. The Kier molecular flexibility index (Phi) is 2.41. The van der Waals surface area contributed by atoms with Crippen molar-refractivity contribution in [1.29, 1.82) is 0 Å². The average molecular weight is 276 g/mol. The number of allylic oxidation sites excluding steroid dienone is 1. The Labute approximate surface area is 121 Å². The van der Waals surface area contributed by atoms with Crippen LogP contribution in [0.1, 0.15) is 21.7 Å². The highest BCUT2D eigenvalue weighted by Crippen LogP contribution is 2.38. The predicted octanol–water partition coefficient (Wildman–Crippen LogP) is 3.42. The fourth-order valence-electron chi connectivity index (χ4n) is 2.79. The van der Waals surface area contributed by atoms with Gasteiger partial charge in [-0.05, 0) is 24.3 Å². The summed E-state index contributed by atoms with van der Waals surface area (Å²) in [5.74, 6) is 0.311. The molecular weight excluding hydrogens is 264 g/mol. The third-order valence-corrected chi connectivity index (χ3v) is 3.88. The normalized spacial score (nSPS) is 20.7. The van der Waals surface area contributed by atoms with Crippen LogP contribution in [0.15, 0.2) is 71.2 Å². The number of carbonyl (C=O) groups excluding carboxylic acids is 1. The molecule has 1 atom stereocenters. The number of furan rings is 1. The van der Waals surface area contributed by atoms with Crippen molar-refractivity contribution in [2.75, 3.05) is 0 Å². The van der Waals surface area contributed by atoms with Gasteiger partial charge in [-0.25, -0.2) is 0 Å². The number of hydrogen-bond donors (Lipinski definition) is 1. The lowest BCUT2D eigenvalue weighted by molar-refractivity contribution is 0.0930. The quantitative estimate of drug-likeness (QED) is 0.741. The molecule has 1 aromatic heterocycles. The molecule has 0 saturated heterocycles. The molecule has 0 bridgehead atoms. The molecule has 0 amide bonds. The van der Waals surface area contributed by atoms with Crippen LogP contribution in [0, 0.1) is 0 Å². The number of rotatable bonds is 1. The van der Waals surface area contributed by atoms with E-state index in [2.05, 4.69) is 0 Å². The van der Waals surface area contributed by atoms with Gasteiger partial charge in [0.1, 0.15) is 11.3 Å². The topological polar surface area (TPSA) is 50.4 Å². The van der Waals surface area contributed by atoms with Crippen molar-refractivity contribution in [3.63, 3.8) is 0 Å². The van der Waals surface area contributed by atoms with Gasteiger partial charge in [0.15, 0.2) is 11.4 Å². The summed E-state index contributed by atoms with van der Waals surface area (Å²) in [5.41, 5.74) is 0.354. The van der Waals surface area contributed by atoms with E-state index in [1.165, 1.54) is 12.2 Å². The molecule has 102 valence electrons. The zero-order valence-corrected chi connectivity index (χ0v) is 11.1. The maximum Gasteiger partial charge on any atom is 0.186 e. The number of ketones is 1. The Morgan fingerprint density at radius 1 is 1.00 bits per heavy atom. The van der Waals surface area contributed by atoms with Crippen molar-refractivity contribution in [2.24, 2.45) is 0 Å². The first-order valence-corrected chi connectivity index (χ1v) is 6.73. The second-order valence-corrected chi connectivity index (χ2v) is 5.16. The number of para-hydroxylation sites is 1. The summed E-state index contributed by atoms with van der Waals surface area (Å²) in [4.78, 5) is 11.9. The third-order valence-electron chi connectivity index (χ3n) is 3.88. The van der Waals surface area contributed by atoms with Crippen LogP contribution in [0.3, 0.4) is 0 Å². The summed E-state index contributed by atoms with van der Waals surface area (Å²) < 4.78 is 5.79. The number of aliphatic hydroxyl groups is 1. The lowest BCUT2D eigenvalue weighted by Crippen LogP contribution is -2.29. The summed E-state index contributed by atoms with van der Waals surface area (Å²) in [6.45, 7) is 0. The van der Waals surface area contributed by atoms with E-state index < -0.39 is 5.60 Å². The number of hydrogen-bond acceptors (Lipinski definition) is 3. The highest BCUT2D eigenvalue weighted by Gasteiger charge is 2.38. The molecule has 3 heteroatoms. The molecule has 0 radical (unpaired) electrons. The molecule has 3 nitrogen and oxygen atoms in total. The molecule has 2 aromatic carbocycles. The molecular formula is C18H12O3. The van der Waals surface area contributed by atoms with Crippen molar-refractivity contribution < 1.29 is 14.3 Å². The Morgan fingerprint density at radius 2 is 1.76 bits per heavy atom. The van der Waals surface area contributed by atoms with Crippen LogP contribution in [-0.2, 0) is 5.60 Å². The Morgan fingerprint density at radius 3 is 2.62 bits per heavy atom. The van der Waals surface area contributed by atoms with Gasteiger partial charge < -0.3 is 9.52 Å². The molecule has 0 aliphatic heterocycles. The van der Waals surface area contributed by atoms with Gasteiger partial charge in [0.05, 0.1) is 0 Å². The standard InChI is InChI=1S/C18H12O3/c19-15-9-10-18(20,14-7-3-2-6-13(14)15)17-11-12-5-1-4-8-16(12)21-17/h1-11,20H. The second kappa shape index (κ2) is 4.17. The minimum atomic E-state index is -1.41. The first kappa shape index (κ1) is 12.1. The van der Waals surface area contributed by atoms with E-state index in [-0.39, 0.29) is 5.78 Å². The second-order valence-electron chi connectivity index (χ2n) is 5.16. The lowest BCUT2D eigenvalue weighted by Gasteiger charge is -2.27. The van der Waals surface area contributed by atoms with Crippen LogP contribution in [0.2, 0.25) is 0 Å². The van der Waals surface area contributed by atoms with Crippen LogP contribution in [-0.4, -0.2) is 10.9 Å². The lowest BCUT2D eigenvalue weighted by atomic mass is 9.82. The van der Waals surface area contributed by atoms with Crippen LogP contribution in [0.5, 0.6) is 0 Å². The highest BCUT2D eigenvalue weighted by atomic mass is 16.4. The van der Waals surface area contributed by atoms with Crippen LogP contribution < -0.4 is 0 Å². The summed E-state index contributed by atoms with van der Waals surface area (Å²) in [7, 11) is 0. The van der Waals surface area contributed by atoms with E-state index >= 15 is 0 Å². The predicted molar refractivity (Wildman–Crippen MR) is 79.1 cm³/mol. The third kappa shape index (κ3) is 1.68. The van der Waals surface area contributed by atoms with E-state index in [0.717, 1.165) is 5.39 Å². The van der Waals surface area contributed by atoms with Crippen LogP contribution in [0.25, 0.3) is 11.0 Å². The van der Waals surface area contributed by atoms with Crippen molar-refractivity contribution in [1.82, 2.24) is 0 Å². The van der Waals surface area contributed by atoms with Crippen molar-refractivity contribution in [3.05, 3.63) is 83.6 Å². The fraction of sp³-hybridized carbons (Fsp3) is 0.0556. The van der Waals surface area contributed by atoms with E-state index in [0.29, 0.717) is 22.5 Å². The maximum atomic E-state index is 11.9. The van der Waals surface area contributed by atoms with E-state index in [4.69, 9.17) is 4.42 Å². The number of benzene rings is 2. The number of fused-ring (bicyclic) bond motifs is 2. The minimum Gasteiger partial charge on any atom is -0.457 e. The zero-order valence-electron chi connectivity index (χ0n) is 11.1. The molecule has 21 heavy (non-hydrogen) atoms. The molecule has 1 aliphatic rings. The zero-order chi connectivity index (χ0) is 14.4. The summed E-state index contributed by atoms with van der Waals surface area (Å²) in [6.07, 6.45) is 2.89. The summed E-state index contributed by atoms with van der Waals surface area (Å²) >= 11 is 0. The minimum absolute atomic E-state index is 0.105. The van der Waals surface area contributed by atoms with Gasteiger partial charge in [-0.3, -0.25) is 4.79 Å². The molecule has 1 aliphatic carbocycles. The van der Waals surface area contributed by atoms with Crippen molar-refractivity contribution in [3.8, 4) is 0 Å². The fourth-order valence-corrected chi connectivity index (χ4v) is 2.79. The monoisotopic (exact) mass is 276 g/mol. The largest absolute Gasteiger partial charge is 0.457 e. The summed E-state index contributed by atoms with van der Waals surface area (Å²) in [6, 6.07) is 16.5. The van der Waals surface area contributed by atoms with Gasteiger partial charge in [-0.1, -0.05) is 42.5 Å². The summed E-state index contributed by atoms with van der Waals surface area (Å²) in [5, 5.41) is 12.0. The highest BCUT2D eigenvalue weighted by molar-refractivity contribution is 6.07. The van der Waals surface area contributed by atoms with Crippen LogP contribution in [0.4, 0.5) is 0 Å². The van der Waals surface area contributed by atoms with E-state index in [1.807, 2.05) is 30.3 Å². The maximum absolute atomic E-state index is 11.9. The number of carbonyl (C=O) groups is 1. The van der Waals surface area contributed by atoms with Crippen LogP contribution >= 0.6 is 0 Å². The smallest absolute Gasteiger partial charge is 0.186 e. The molecule has 0 fully saturated rings. The SMILES string of the molecule is O=C1C=CC(O)(c2cc3ccccc3o2)c2ccccc21. The molecule has 1 N–H and O–H groups in total. The van der Waals surface area contributed by atoms with Gasteiger partial charge in [0.2, 0.25) is 0 Å². The van der Waals surface area contributed by atoms with Crippen molar-refractivity contribution >= 4 is 16.8 Å². The Hall–Kier alpha value is -2.65. The molecule has 0 saturated carbocycles. The molecule has 4 rings (SSSR count). The first-order chi connectivity index (χ1) is 10.2. The van der Waals surface area contributed by atoms with Gasteiger partial charge >= 0.3 is 0 Å². The van der Waals surface area contributed by atoms with Gasteiger partial charge in [-0.2, -0.15) is 0 Å². The van der Waals surface area contributed by atoms with Crippen molar-refractivity contribution in [2.45, 2.75) is 5.60 Å². The Bertz CT molecular complexity index is 855. The van der Waals surface area contributed by atoms with Gasteiger partial charge in [-0.15, -0.1) is 0 Å². The van der Waals surface area contributed by atoms with Gasteiger partial charge in [0.25, 0.3) is 0 Å². The van der Waals surface area contributed by atoms with E-state index in [9.17, 15) is 9.90 Å². The molecule has 1 heterocycles. The molecule has 1 unspecified atom stereocenters. The average Bonchev–Trinajstić information content (AvgIpc) is 2.96. The van der Waals surface area contributed by atoms with Gasteiger partial charge in [0, 0.05) is 16.5 Å². The molecule has 0 spiro atoms. The molecule has 3 aromatic rings. The Balaban J connectivity index is 1.98. The van der Waals surface area contributed by atoms with E-state index in [1.54, 1.807) is 24.3 Å².